The Morgan fingerprint density at radius 1 is 1.13 bits per heavy atom. The van der Waals surface area contributed by atoms with Crippen LogP contribution >= 0.6 is 27.2 Å². The number of aliphatic hydroxyl groups is 1. The summed E-state index contributed by atoms with van der Waals surface area (Å²) in [6, 6.07) is 16.2. The molecule has 1 aliphatic carbocycles. The van der Waals surface area contributed by atoms with Gasteiger partial charge in [-0.2, -0.15) is 19.4 Å². The van der Waals surface area contributed by atoms with Crippen LogP contribution in [0.1, 0.15) is 25.5 Å². The Morgan fingerprint density at radius 2 is 1.81 bits per heavy atom. The van der Waals surface area contributed by atoms with Crippen LogP contribution in [0.3, 0.4) is 0 Å². The van der Waals surface area contributed by atoms with Gasteiger partial charge in [0, 0.05) is 5.92 Å². The lowest BCUT2D eigenvalue weighted by Crippen LogP contribution is -2.46. The van der Waals surface area contributed by atoms with Crippen LogP contribution in [0, 0.1) is 5.92 Å². The van der Waals surface area contributed by atoms with E-state index >= 15 is 0 Å². The number of aromatic nitrogens is 4. The van der Waals surface area contributed by atoms with Gasteiger partial charge < -0.3 is 34.3 Å². The number of nitrogen functional groups attached to an aromatic ring is 1. The van der Waals surface area contributed by atoms with Gasteiger partial charge in [0.1, 0.15) is 29.5 Å². The van der Waals surface area contributed by atoms with Crippen molar-refractivity contribution in [2.24, 2.45) is 5.92 Å². The summed E-state index contributed by atoms with van der Waals surface area (Å²) >= 11 is 5.95. The summed E-state index contributed by atoms with van der Waals surface area (Å²) in [6.07, 6.45) is -1.17. The van der Waals surface area contributed by atoms with Crippen LogP contribution in [0.25, 0.3) is 11.2 Å². The highest BCUT2D eigenvalue weighted by atomic mass is 35.5. The number of phosphoric ester groups is 1. The van der Waals surface area contributed by atoms with Crippen LogP contribution in [-0.2, 0) is 38.8 Å². The molecule has 2 fully saturated rings. The van der Waals surface area contributed by atoms with Crippen molar-refractivity contribution in [2.45, 2.75) is 50.3 Å². The summed E-state index contributed by atoms with van der Waals surface area (Å²) in [4.78, 5) is 35.9. The number of anilines is 1. The van der Waals surface area contributed by atoms with Crippen LogP contribution in [0.4, 0.5) is 5.82 Å². The summed E-state index contributed by atoms with van der Waals surface area (Å²) in [5, 5.41) is 13.3. The molecule has 2 aromatic heterocycles. The molecule has 6 rings (SSSR count). The van der Waals surface area contributed by atoms with Crippen LogP contribution in [0.5, 0.6) is 5.75 Å². The normalized spacial score (nSPS) is 24.7. The first-order chi connectivity index (χ1) is 22.3. The number of esters is 1. The number of phosphoric acid groups is 1. The predicted molar refractivity (Wildman–Crippen MR) is 167 cm³/mol. The molecule has 1 saturated carbocycles. The van der Waals surface area contributed by atoms with Crippen molar-refractivity contribution in [1.29, 1.82) is 0 Å². The van der Waals surface area contributed by atoms with Gasteiger partial charge >= 0.3 is 21.5 Å². The first kappa shape index (κ1) is 33.5. The number of para-hydroxylation sites is 1. The average Bonchev–Trinajstić information content (AvgIpc) is 3.37. The Balaban J connectivity index is 1.10. The standard InChI is InChI=1S/C28H31ClN6O10P2/c1-28(2,26(37)41-13-16-9-5-3-6-10-16)34-46(38,44-17-11-7-4-8-12-17)45-47(39,40)42-14-18-22(36)19-21(23(19)43-18)35-15-31-20-24(30)32-27(29)33-25(20)35/h3-12,15,18-19,21-23,36H,13-14H2,1-2H3,(H,34,38)(H,39,40)(H2,30,32,33). The van der Waals surface area contributed by atoms with E-state index in [0.717, 1.165) is 0 Å². The molecule has 16 nitrogen and oxygen atoms in total. The molecule has 250 valence electrons. The van der Waals surface area contributed by atoms with Crippen molar-refractivity contribution in [3.8, 4) is 5.75 Å². The molecule has 47 heavy (non-hydrogen) atoms. The molecule has 0 bridgehead atoms. The van der Waals surface area contributed by atoms with E-state index in [1.54, 1.807) is 47.0 Å². The Labute approximate surface area is 273 Å². The number of nitrogens with zero attached hydrogens (tertiary/aromatic N) is 4. The van der Waals surface area contributed by atoms with E-state index in [-0.39, 0.29) is 29.5 Å². The zero-order chi connectivity index (χ0) is 33.6. The lowest BCUT2D eigenvalue weighted by molar-refractivity contribution is -0.151. The Morgan fingerprint density at radius 3 is 2.47 bits per heavy atom. The number of rotatable bonds is 13. The molecule has 7 atom stereocenters. The number of ether oxygens (including phenoxy) is 2. The summed E-state index contributed by atoms with van der Waals surface area (Å²) in [5.74, 6) is -1.15. The smallest absolute Gasteiger partial charge is 0.459 e. The third-order valence-corrected chi connectivity index (χ3v) is 11.2. The van der Waals surface area contributed by atoms with Crippen molar-refractivity contribution in [3.63, 3.8) is 0 Å². The van der Waals surface area contributed by atoms with Crippen molar-refractivity contribution >= 4 is 50.1 Å². The van der Waals surface area contributed by atoms with Gasteiger partial charge in [0.15, 0.2) is 11.5 Å². The number of carbonyl (C=O) groups excluding carboxylic acids is 1. The van der Waals surface area contributed by atoms with Gasteiger partial charge in [0.25, 0.3) is 0 Å². The highest BCUT2D eigenvalue weighted by Crippen LogP contribution is 2.62. The van der Waals surface area contributed by atoms with Crippen LogP contribution in [0.15, 0.2) is 67.0 Å². The molecular formula is C28H31ClN6O10P2. The van der Waals surface area contributed by atoms with Crippen LogP contribution in [-0.4, -0.2) is 65.9 Å². The van der Waals surface area contributed by atoms with E-state index in [1.165, 1.54) is 32.3 Å². The maximum Gasteiger partial charge on any atom is 0.481 e. The molecule has 3 heterocycles. The molecule has 19 heteroatoms. The van der Waals surface area contributed by atoms with Crippen molar-refractivity contribution < 1.29 is 46.8 Å². The number of nitrogens with one attached hydrogen (secondary N) is 1. The Hall–Kier alpha value is -3.43. The second-order valence-electron chi connectivity index (χ2n) is 11.4. The van der Waals surface area contributed by atoms with Gasteiger partial charge in [-0.05, 0) is 43.1 Å². The third-order valence-electron chi connectivity index (χ3n) is 7.54. The maximum absolute atomic E-state index is 13.9. The fourth-order valence-electron chi connectivity index (χ4n) is 5.30. The summed E-state index contributed by atoms with van der Waals surface area (Å²) < 4.78 is 55.7. The first-order valence-corrected chi connectivity index (χ1v) is 17.7. The Kier molecular flexibility index (Phi) is 9.17. The topological polar surface area (TPSA) is 219 Å². The van der Waals surface area contributed by atoms with Crippen molar-refractivity contribution in [3.05, 3.63) is 77.8 Å². The quantitative estimate of drug-likeness (QED) is 0.0882. The Bertz CT molecular complexity index is 1870. The zero-order valence-corrected chi connectivity index (χ0v) is 27.5. The molecular weight excluding hydrogens is 678 g/mol. The second-order valence-corrected chi connectivity index (χ2v) is 15.0. The zero-order valence-electron chi connectivity index (χ0n) is 25.0. The number of fused-ring (bicyclic) bond motifs is 2. The van der Waals surface area contributed by atoms with E-state index < -0.39 is 57.9 Å². The largest absolute Gasteiger partial charge is 0.481 e. The van der Waals surface area contributed by atoms with Crippen LogP contribution < -0.4 is 15.3 Å². The maximum atomic E-state index is 13.9. The van der Waals surface area contributed by atoms with Crippen molar-refractivity contribution in [2.75, 3.05) is 12.3 Å². The van der Waals surface area contributed by atoms with E-state index in [0.29, 0.717) is 16.7 Å². The number of carbonyl (C=O) groups is 1. The minimum Gasteiger partial charge on any atom is -0.459 e. The molecule has 7 unspecified atom stereocenters. The van der Waals surface area contributed by atoms with Crippen LogP contribution in [0.2, 0.25) is 5.28 Å². The molecule has 5 N–H and O–H groups in total. The van der Waals surface area contributed by atoms with Gasteiger partial charge in [0.2, 0.25) is 5.28 Å². The fourth-order valence-corrected chi connectivity index (χ4v) is 8.60. The molecule has 2 aromatic carbocycles. The highest BCUT2D eigenvalue weighted by Gasteiger charge is 2.65. The number of halogens is 1. The molecule has 4 aromatic rings. The van der Waals surface area contributed by atoms with Gasteiger partial charge in [-0.3, -0.25) is 9.32 Å². The number of hydrogen-bond donors (Lipinski definition) is 4. The molecule has 2 aliphatic rings. The lowest BCUT2D eigenvalue weighted by atomic mass is 10.1. The molecule has 0 spiro atoms. The van der Waals surface area contributed by atoms with Gasteiger partial charge in [0.05, 0.1) is 31.2 Å². The monoisotopic (exact) mass is 708 g/mol. The van der Waals surface area contributed by atoms with E-state index in [1.807, 2.05) is 6.07 Å². The summed E-state index contributed by atoms with van der Waals surface area (Å²) in [5.41, 5.74) is 5.58. The summed E-state index contributed by atoms with van der Waals surface area (Å²) in [7, 11) is -10.00. The fraction of sp³-hybridized carbons (Fsp3) is 0.357. The van der Waals surface area contributed by atoms with Gasteiger partial charge in [-0.1, -0.05) is 48.5 Å². The SMILES string of the molecule is CC(C)(NP(=O)(Oc1ccccc1)OP(=O)(O)OCC1OC2C(C1O)C2n1cnc2c(N)nc(Cl)nc21)C(=O)OCc1ccccc1. The van der Waals surface area contributed by atoms with Gasteiger partial charge in [-0.25, -0.2) is 14.1 Å². The minimum atomic E-state index is -5.18. The molecule has 0 amide bonds. The average molecular weight is 709 g/mol. The summed E-state index contributed by atoms with van der Waals surface area (Å²) in [6.45, 7) is 2.01. The number of hydrogen-bond acceptors (Lipinski definition) is 13. The first-order valence-electron chi connectivity index (χ1n) is 14.3. The number of benzene rings is 2. The molecule has 0 radical (unpaired) electrons. The molecule has 1 aliphatic heterocycles. The molecule has 1 saturated heterocycles. The third kappa shape index (κ3) is 7.36. The number of nitrogens with two attached hydrogens (primary N) is 1. The number of aliphatic hydroxyl groups excluding tert-OH is 1. The van der Waals surface area contributed by atoms with E-state index in [4.69, 9.17) is 40.2 Å². The second kappa shape index (κ2) is 12.9. The number of imidazole rings is 1. The minimum absolute atomic E-state index is 0.0119. The predicted octanol–water partition coefficient (Wildman–Crippen LogP) is 3.79. The van der Waals surface area contributed by atoms with Crippen molar-refractivity contribution in [1.82, 2.24) is 24.6 Å². The van der Waals surface area contributed by atoms with Gasteiger partial charge in [-0.15, -0.1) is 0 Å². The van der Waals surface area contributed by atoms with E-state index in [2.05, 4.69) is 20.0 Å². The lowest BCUT2D eigenvalue weighted by Gasteiger charge is -2.30. The highest BCUT2D eigenvalue weighted by molar-refractivity contribution is 7.63. The van der Waals surface area contributed by atoms with E-state index in [9.17, 15) is 23.9 Å².